The van der Waals surface area contributed by atoms with Gasteiger partial charge in [0.05, 0.1) is 5.00 Å². The lowest BCUT2D eigenvalue weighted by atomic mass is 10.3. The van der Waals surface area contributed by atoms with Crippen LogP contribution in [0.2, 0.25) is 0 Å². The molecule has 0 unspecified atom stereocenters. The van der Waals surface area contributed by atoms with Crippen LogP contribution in [0.1, 0.15) is 0 Å². The van der Waals surface area contributed by atoms with Crippen molar-refractivity contribution in [2.45, 2.75) is 0 Å². The quantitative estimate of drug-likeness (QED) is 0.397. The molecule has 0 aliphatic heterocycles. The van der Waals surface area contributed by atoms with Crippen molar-refractivity contribution in [3.8, 4) is 10.4 Å². The van der Waals surface area contributed by atoms with Crippen molar-refractivity contribution in [1.29, 1.82) is 0 Å². The summed E-state index contributed by atoms with van der Waals surface area (Å²) in [5, 5.41) is 8.31. The van der Waals surface area contributed by atoms with Gasteiger partial charge in [0.1, 0.15) is 0 Å². The fraction of sp³-hybridized carbons (Fsp3) is 0. The molecule has 0 N–H and O–H groups in total. The molecule has 0 bridgehead atoms. The second-order valence-electron chi connectivity index (χ2n) is 2.31. The van der Waals surface area contributed by atoms with E-state index in [-0.39, 0.29) is 0 Å². The van der Waals surface area contributed by atoms with Gasteiger partial charge in [-0.3, -0.25) is 0 Å². The third-order valence-electron chi connectivity index (χ3n) is 1.57. The number of nitrogens with zero attached hydrogens (tertiary/aromatic N) is 3. The molecule has 0 aromatic carbocycles. The van der Waals surface area contributed by atoms with E-state index in [1.165, 1.54) is 11.3 Å². The number of hydrogen-bond donors (Lipinski definition) is 0. The Balaban J connectivity index is 2.52. The molecule has 64 valence electrons. The van der Waals surface area contributed by atoms with E-state index in [0.29, 0.717) is 0 Å². The van der Waals surface area contributed by atoms with Gasteiger partial charge in [-0.15, -0.1) is 22.7 Å². The fourth-order valence-electron chi connectivity index (χ4n) is 1.04. The molecule has 0 atom stereocenters. The van der Waals surface area contributed by atoms with Gasteiger partial charge < -0.3 is 0 Å². The summed E-state index contributed by atoms with van der Waals surface area (Å²) in [5.41, 5.74) is 9.35. The molecular weight excluding hydrogens is 202 g/mol. The second-order valence-corrected chi connectivity index (χ2v) is 4.15. The summed E-state index contributed by atoms with van der Waals surface area (Å²) in [4.78, 5) is 3.93. The molecule has 2 heterocycles. The molecule has 5 heteroatoms. The van der Waals surface area contributed by atoms with Gasteiger partial charge in [0.25, 0.3) is 0 Å². The van der Waals surface area contributed by atoms with Crippen LogP contribution < -0.4 is 0 Å². The molecular formula is C8H5N3S2. The standard InChI is InChI=1S/C8H5N3S2/c9-11-10-8-6(3-5-13-8)7-2-1-4-12-7/h1-5H. The first-order valence-corrected chi connectivity index (χ1v) is 5.34. The highest BCUT2D eigenvalue weighted by Crippen LogP contribution is 2.37. The summed E-state index contributed by atoms with van der Waals surface area (Å²) in [5.74, 6) is 0. The summed E-state index contributed by atoms with van der Waals surface area (Å²) < 4.78 is 0. The zero-order chi connectivity index (χ0) is 9.10. The van der Waals surface area contributed by atoms with Crippen LogP contribution in [0.4, 0.5) is 5.00 Å². The summed E-state index contributed by atoms with van der Waals surface area (Å²) in [7, 11) is 0. The number of hydrogen-bond acceptors (Lipinski definition) is 3. The first-order chi connectivity index (χ1) is 6.42. The van der Waals surface area contributed by atoms with Crippen molar-refractivity contribution < 1.29 is 0 Å². The molecule has 0 radical (unpaired) electrons. The third-order valence-corrected chi connectivity index (χ3v) is 3.27. The lowest BCUT2D eigenvalue weighted by Crippen LogP contribution is -1.62. The zero-order valence-electron chi connectivity index (χ0n) is 6.54. The molecule has 0 spiro atoms. The van der Waals surface area contributed by atoms with Gasteiger partial charge >= 0.3 is 0 Å². The summed E-state index contributed by atoms with van der Waals surface area (Å²) in [6.45, 7) is 0. The Kier molecular flexibility index (Phi) is 2.31. The lowest BCUT2D eigenvalue weighted by molar-refractivity contribution is 1.57. The molecule has 0 aliphatic rings. The largest absolute Gasteiger partial charge is 0.144 e. The fourth-order valence-corrected chi connectivity index (χ4v) is 2.58. The van der Waals surface area contributed by atoms with Crippen LogP contribution in [-0.2, 0) is 0 Å². The smallest absolute Gasteiger partial charge is 0.0989 e. The molecule has 2 aromatic rings. The Morgan fingerprint density at radius 3 is 2.85 bits per heavy atom. The predicted octanol–water partition coefficient (Wildman–Crippen LogP) is 4.42. The summed E-state index contributed by atoms with van der Waals surface area (Å²) in [6, 6.07) is 5.97. The van der Waals surface area contributed by atoms with Crippen molar-refractivity contribution in [2.24, 2.45) is 5.11 Å². The van der Waals surface area contributed by atoms with E-state index in [0.717, 1.165) is 15.4 Å². The normalized spacial score (nSPS) is 9.54. The first-order valence-electron chi connectivity index (χ1n) is 3.58. The van der Waals surface area contributed by atoms with Gasteiger partial charge in [-0.25, -0.2) is 0 Å². The molecule has 2 aromatic heterocycles. The molecule has 0 saturated heterocycles. The van der Waals surface area contributed by atoms with Gasteiger partial charge in [0.2, 0.25) is 0 Å². The van der Waals surface area contributed by atoms with Crippen LogP contribution in [-0.4, -0.2) is 0 Å². The maximum absolute atomic E-state index is 8.33. The molecule has 0 amide bonds. The minimum absolute atomic E-state index is 0.741. The van der Waals surface area contributed by atoms with Crippen molar-refractivity contribution in [3.63, 3.8) is 0 Å². The molecule has 0 aliphatic carbocycles. The highest BCUT2D eigenvalue weighted by atomic mass is 32.1. The van der Waals surface area contributed by atoms with Gasteiger partial charge in [0, 0.05) is 15.4 Å². The van der Waals surface area contributed by atoms with Crippen LogP contribution in [0.3, 0.4) is 0 Å². The van der Waals surface area contributed by atoms with Crippen LogP contribution in [0.5, 0.6) is 0 Å². The second kappa shape index (κ2) is 3.62. The Bertz CT molecular complexity index is 438. The molecule has 13 heavy (non-hydrogen) atoms. The van der Waals surface area contributed by atoms with E-state index in [1.54, 1.807) is 11.3 Å². The van der Waals surface area contributed by atoms with E-state index < -0.39 is 0 Å². The Morgan fingerprint density at radius 2 is 2.15 bits per heavy atom. The van der Waals surface area contributed by atoms with Crippen LogP contribution >= 0.6 is 22.7 Å². The maximum atomic E-state index is 8.33. The Morgan fingerprint density at radius 1 is 1.23 bits per heavy atom. The summed E-state index contributed by atoms with van der Waals surface area (Å²) in [6.07, 6.45) is 0. The van der Waals surface area contributed by atoms with E-state index in [2.05, 4.69) is 10.0 Å². The van der Waals surface area contributed by atoms with E-state index in [1.807, 2.05) is 29.0 Å². The van der Waals surface area contributed by atoms with E-state index in [4.69, 9.17) is 5.53 Å². The van der Waals surface area contributed by atoms with E-state index in [9.17, 15) is 0 Å². The minimum Gasteiger partial charge on any atom is -0.144 e. The Labute approximate surface area is 82.9 Å². The predicted molar refractivity (Wildman–Crippen MR) is 56.4 cm³/mol. The first kappa shape index (κ1) is 8.31. The van der Waals surface area contributed by atoms with Crippen molar-refractivity contribution in [2.75, 3.05) is 0 Å². The minimum atomic E-state index is 0.741. The van der Waals surface area contributed by atoms with Crippen molar-refractivity contribution in [3.05, 3.63) is 39.4 Å². The van der Waals surface area contributed by atoms with Crippen LogP contribution in [0, 0.1) is 0 Å². The van der Waals surface area contributed by atoms with Crippen molar-refractivity contribution in [1.82, 2.24) is 0 Å². The molecule has 2 rings (SSSR count). The molecule has 3 nitrogen and oxygen atoms in total. The SMILES string of the molecule is [N-]=[N+]=Nc1sccc1-c1cccs1. The number of azide groups is 1. The topological polar surface area (TPSA) is 48.8 Å². The van der Waals surface area contributed by atoms with Gasteiger partial charge in [-0.05, 0) is 33.5 Å². The van der Waals surface area contributed by atoms with E-state index >= 15 is 0 Å². The van der Waals surface area contributed by atoms with Crippen LogP contribution in [0.15, 0.2) is 34.1 Å². The Hall–Kier alpha value is -1.29. The molecule has 0 saturated carbocycles. The lowest BCUT2D eigenvalue weighted by Gasteiger charge is -1.92. The number of rotatable bonds is 2. The zero-order valence-corrected chi connectivity index (χ0v) is 8.18. The van der Waals surface area contributed by atoms with Gasteiger partial charge in [-0.2, -0.15) is 0 Å². The monoisotopic (exact) mass is 207 g/mol. The highest BCUT2D eigenvalue weighted by molar-refractivity contribution is 7.16. The van der Waals surface area contributed by atoms with Crippen LogP contribution in [0.25, 0.3) is 20.9 Å². The van der Waals surface area contributed by atoms with Gasteiger partial charge in [0.15, 0.2) is 0 Å². The number of thiophene rings is 2. The van der Waals surface area contributed by atoms with Crippen molar-refractivity contribution >= 4 is 27.7 Å². The molecule has 0 fully saturated rings. The highest BCUT2D eigenvalue weighted by Gasteiger charge is 2.04. The summed E-state index contributed by atoms with van der Waals surface area (Å²) >= 11 is 3.10. The third kappa shape index (κ3) is 1.58. The average molecular weight is 207 g/mol. The average Bonchev–Trinajstić information content (AvgIpc) is 2.71. The maximum Gasteiger partial charge on any atom is 0.0989 e. The van der Waals surface area contributed by atoms with Gasteiger partial charge in [-0.1, -0.05) is 6.07 Å².